The molecule has 0 radical (unpaired) electrons. The topological polar surface area (TPSA) is 121 Å². The van der Waals surface area contributed by atoms with Crippen LogP contribution >= 0.6 is 0 Å². The zero-order valence-electron chi connectivity index (χ0n) is 21.1. The summed E-state index contributed by atoms with van der Waals surface area (Å²) in [5, 5.41) is 13.2. The number of nitrogens with zero attached hydrogens (tertiary/aromatic N) is 3. The molecule has 0 saturated carbocycles. The van der Waals surface area contributed by atoms with Gasteiger partial charge < -0.3 is 21.1 Å². The number of rotatable bonds is 6. The Balaban J connectivity index is 1.50. The fourth-order valence-electron chi connectivity index (χ4n) is 5.48. The first-order chi connectivity index (χ1) is 18.7. The summed E-state index contributed by atoms with van der Waals surface area (Å²) < 4.78 is 55.0. The quantitative estimate of drug-likeness (QED) is 0.393. The van der Waals surface area contributed by atoms with Gasteiger partial charge in [0.15, 0.2) is 0 Å². The van der Waals surface area contributed by atoms with Crippen molar-refractivity contribution in [3.05, 3.63) is 70.4 Å². The Kier molecular flexibility index (Phi) is 7.61. The summed E-state index contributed by atoms with van der Waals surface area (Å²) >= 11 is 0.148. The fraction of sp³-hybridized carbons (Fsp3) is 0.370. The Bertz CT molecular complexity index is 1420. The summed E-state index contributed by atoms with van der Waals surface area (Å²) in [7, 11) is 0. The minimum atomic E-state index is -1.10. The number of fused-ring (bicyclic) bond motifs is 1. The number of hydrogen-bond acceptors (Lipinski definition) is 7. The van der Waals surface area contributed by atoms with E-state index in [2.05, 4.69) is 27.1 Å². The van der Waals surface area contributed by atoms with Crippen LogP contribution in [0.1, 0.15) is 53.2 Å². The van der Waals surface area contributed by atoms with Crippen molar-refractivity contribution in [3.8, 4) is 11.3 Å². The monoisotopic (exact) mass is 558 g/mol. The maximum Gasteiger partial charge on any atom is 0.463 e. The molecule has 3 aromatic rings. The number of aliphatic hydroxyl groups excluding tert-OH is 1. The van der Waals surface area contributed by atoms with E-state index in [1.807, 2.05) is 0 Å². The molecule has 12 heteroatoms. The maximum atomic E-state index is 14.8. The molecule has 2 aromatic heterocycles. The summed E-state index contributed by atoms with van der Waals surface area (Å²) in [6.45, 7) is 3.34. The maximum absolute atomic E-state index is 14.8. The van der Waals surface area contributed by atoms with Gasteiger partial charge >= 0.3 is 11.7 Å². The van der Waals surface area contributed by atoms with Gasteiger partial charge in [0.25, 0.3) is 11.7 Å². The third-order valence-electron chi connectivity index (χ3n) is 7.07. The molecule has 204 valence electrons. The number of pyridine rings is 2. The van der Waals surface area contributed by atoms with Gasteiger partial charge in [0, 0.05) is 34.5 Å². The highest BCUT2D eigenvalue weighted by atomic mass is 32.1. The van der Waals surface area contributed by atoms with Gasteiger partial charge in [-0.2, -0.15) is 0 Å². The Labute approximate surface area is 226 Å². The molecule has 0 bridgehead atoms. The second-order valence-electron chi connectivity index (χ2n) is 10.1. The third-order valence-corrected chi connectivity index (χ3v) is 7.52. The molecular formula is C27H27F3N5O3S+. The fourth-order valence-corrected chi connectivity index (χ4v) is 5.78. The first-order valence-electron chi connectivity index (χ1n) is 12.6. The number of nitrogens with one attached hydrogen (secondary N) is 1. The molecule has 1 fully saturated rings. The van der Waals surface area contributed by atoms with E-state index in [1.165, 1.54) is 6.20 Å². The van der Waals surface area contributed by atoms with Crippen LogP contribution in [-0.2, 0) is 28.0 Å². The summed E-state index contributed by atoms with van der Waals surface area (Å²) in [5.74, 6) is -3.80. The van der Waals surface area contributed by atoms with Gasteiger partial charge in [-0.3, -0.25) is 9.78 Å². The molecule has 3 unspecified atom stereocenters. The van der Waals surface area contributed by atoms with Crippen LogP contribution in [0.25, 0.3) is 11.3 Å². The predicted molar refractivity (Wildman–Crippen MR) is 141 cm³/mol. The molecule has 0 spiro atoms. The van der Waals surface area contributed by atoms with E-state index in [-0.39, 0.29) is 34.7 Å². The van der Waals surface area contributed by atoms with Gasteiger partial charge in [-0.25, -0.2) is 18.2 Å². The van der Waals surface area contributed by atoms with Crippen LogP contribution in [0.2, 0.25) is 0 Å². The molecule has 1 aliphatic carbocycles. The van der Waals surface area contributed by atoms with E-state index in [0.717, 1.165) is 41.9 Å². The van der Waals surface area contributed by atoms with Gasteiger partial charge in [0.1, 0.15) is 28.8 Å². The average molecular weight is 559 g/mol. The molecule has 8 nitrogen and oxygen atoms in total. The smallest absolute Gasteiger partial charge is 0.387 e. The lowest BCUT2D eigenvalue weighted by atomic mass is 9.95. The molecular weight excluding hydrogens is 531 g/mol. The highest BCUT2D eigenvalue weighted by Gasteiger charge is 2.32. The SMILES string of the molecule is CC1CC(N)CN(c2c(NC(=O)c3ccc(F)c(-c4c(F)cc(C[S+]=O)cc4F)n3)cnc3c2CCC3O)C1. The number of hydrogen-bond donors (Lipinski definition) is 3. The van der Waals surface area contributed by atoms with Gasteiger partial charge in [0.2, 0.25) is 0 Å². The summed E-state index contributed by atoms with van der Waals surface area (Å²) in [6.07, 6.45) is 2.70. The van der Waals surface area contributed by atoms with E-state index < -0.39 is 40.7 Å². The van der Waals surface area contributed by atoms with E-state index in [9.17, 15) is 27.3 Å². The Morgan fingerprint density at radius 2 is 1.95 bits per heavy atom. The van der Waals surface area contributed by atoms with Crippen molar-refractivity contribution < 1.29 is 27.3 Å². The van der Waals surface area contributed by atoms with Crippen molar-refractivity contribution in [2.75, 3.05) is 23.3 Å². The number of halogens is 3. The molecule has 39 heavy (non-hydrogen) atoms. The number of nitrogens with two attached hydrogens (primary N) is 1. The lowest BCUT2D eigenvalue weighted by Gasteiger charge is -2.38. The van der Waals surface area contributed by atoms with Crippen LogP contribution in [0.3, 0.4) is 0 Å². The highest BCUT2D eigenvalue weighted by molar-refractivity contribution is 7.64. The highest BCUT2D eigenvalue weighted by Crippen LogP contribution is 2.41. The second-order valence-corrected chi connectivity index (χ2v) is 10.6. The largest absolute Gasteiger partial charge is 0.463 e. The van der Waals surface area contributed by atoms with Crippen molar-refractivity contribution in [3.63, 3.8) is 0 Å². The second kappa shape index (κ2) is 10.9. The lowest BCUT2D eigenvalue weighted by Crippen LogP contribution is -2.47. The van der Waals surface area contributed by atoms with E-state index in [4.69, 9.17) is 5.73 Å². The summed E-state index contributed by atoms with van der Waals surface area (Å²) in [4.78, 5) is 23.7. The molecule has 3 atom stereocenters. The minimum Gasteiger partial charge on any atom is -0.387 e. The van der Waals surface area contributed by atoms with Crippen LogP contribution in [0.15, 0.2) is 30.5 Å². The van der Waals surface area contributed by atoms with Crippen molar-refractivity contribution in [1.82, 2.24) is 9.97 Å². The zero-order valence-corrected chi connectivity index (χ0v) is 21.9. The van der Waals surface area contributed by atoms with Crippen LogP contribution in [0.4, 0.5) is 24.5 Å². The molecule has 1 saturated heterocycles. The Morgan fingerprint density at radius 1 is 1.21 bits per heavy atom. The average Bonchev–Trinajstić information content (AvgIpc) is 3.24. The van der Waals surface area contributed by atoms with E-state index in [0.29, 0.717) is 43.2 Å². The molecule has 3 heterocycles. The van der Waals surface area contributed by atoms with Crippen molar-refractivity contribution >= 4 is 28.9 Å². The number of carbonyl (C=O) groups excluding carboxylic acids is 1. The normalized spacial score (nSPS) is 20.6. The summed E-state index contributed by atoms with van der Waals surface area (Å²) in [6, 6.07) is 3.85. The number of piperidine rings is 1. The van der Waals surface area contributed by atoms with Crippen LogP contribution < -0.4 is 16.0 Å². The molecule has 1 aliphatic heterocycles. The van der Waals surface area contributed by atoms with Crippen molar-refractivity contribution in [2.24, 2.45) is 11.7 Å². The van der Waals surface area contributed by atoms with Crippen molar-refractivity contribution in [2.45, 2.75) is 44.1 Å². The Morgan fingerprint density at radius 3 is 2.64 bits per heavy atom. The number of carbonyl (C=O) groups is 1. The molecule has 1 aromatic carbocycles. The number of aromatic nitrogens is 2. The number of benzene rings is 1. The number of amides is 1. The first-order valence-corrected chi connectivity index (χ1v) is 13.5. The van der Waals surface area contributed by atoms with Crippen LogP contribution in [0, 0.1) is 23.4 Å². The zero-order chi connectivity index (χ0) is 27.8. The minimum absolute atomic E-state index is 0.0721. The van der Waals surface area contributed by atoms with Gasteiger partial charge in [0.05, 0.1) is 34.9 Å². The van der Waals surface area contributed by atoms with Gasteiger partial charge in [-0.15, -0.1) is 0 Å². The van der Waals surface area contributed by atoms with Crippen molar-refractivity contribution in [1.29, 1.82) is 0 Å². The van der Waals surface area contributed by atoms with Crippen LogP contribution in [0.5, 0.6) is 0 Å². The van der Waals surface area contributed by atoms with Crippen LogP contribution in [-0.4, -0.2) is 40.1 Å². The number of aliphatic hydroxyl groups is 1. The van der Waals surface area contributed by atoms with Gasteiger partial charge in [-0.05, 0) is 49.4 Å². The molecule has 1 amide bonds. The molecule has 4 N–H and O–H groups in total. The predicted octanol–water partition coefficient (Wildman–Crippen LogP) is 3.89. The standard InChI is InChI=1S/C27H26F3N5O3S/c1-13-6-15(31)11-35(10-13)26-16-2-5-22(36)24(16)32-9-21(26)34-27(37)20-4-3-17(28)25(33-20)23-18(29)7-14(12-39-38)8-19(23)30/h3-4,7-9,13,15,22,36H,2,5-6,10-12,31H2,1H3/p+1. The van der Waals surface area contributed by atoms with E-state index in [1.54, 1.807) is 0 Å². The Hall–Kier alpha value is -3.48. The molecule has 2 aliphatic rings. The van der Waals surface area contributed by atoms with Gasteiger partial charge in [-0.1, -0.05) is 6.92 Å². The van der Waals surface area contributed by atoms with E-state index >= 15 is 0 Å². The number of anilines is 2. The lowest BCUT2D eigenvalue weighted by molar-refractivity contribution is 0.102. The molecule has 5 rings (SSSR count). The summed E-state index contributed by atoms with van der Waals surface area (Å²) in [5.41, 5.74) is 7.22. The third kappa shape index (κ3) is 5.36. The first kappa shape index (κ1) is 27.1.